The van der Waals surface area contributed by atoms with Crippen molar-refractivity contribution in [2.75, 3.05) is 0 Å². The van der Waals surface area contributed by atoms with Gasteiger partial charge in [-0.2, -0.15) is 0 Å². The van der Waals surface area contributed by atoms with Crippen molar-refractivity contribution < 1.29 is 19.4 Å². The monoisotopic (exact) mass is 215 g/mol. The molecule has 0 heterocycles. The van der Waals surface area contributed by atoms with Gasteiger partial charge in [-0.1, -0.05) is 0 Å². The highest BCUT2D eigenvalue weighted by Gasteiger charge is 2.74. The molecular formula is C10H17NO4. The number of ether oxygens (including phenoxy) is 1. The summed E-state index contributed by atoms with van der Waals surface area (Å²) in [5, 5.41) is 9.03. The molecule has 1 fully saturated rings. The molecule has 86 valence electrons. The first-order valence-electron chi connectivity index (χ1n) is 4.79. The summed E-state index contributed by atoms with van der Waals surface area (Å²) in [6.07, 6.45) is 0.129. The Balaban J connectivity index is 2.88. The minimum Gasteiger partial charge on any atom is -0.480 e. The van der Waals surface area contributed by atoms with Crippen molar-refractivity contribution in [1.82, 2.24) is 0 Å². The topological polar surface area (TPSA) is 89.6 Å². The van der Waals surface area contributed by atoms with Crippen LogP contribution in [0.3, 0.4) is 0 Å². The van der Waals surface area contributed by atoms with Crippen LogP contribution < -0.4 is 5.73 Å². The normalized spacial score (nSPS) is 34.7. The van der Waals surface area contributed by atoms with Crippen LogP contribution in [0.25, 0.3) is 0 Å². The molecule has 15 heavy (non-hydrogen) atoms. The van der Waals surface area contributed by atoms with E-state index in [1.807, 2.05) is 0 Å². The maximum atomic E-state index is 11.7. The zero-order valence-corrected chi connectivity index (χ0v) is 9.46. The SMILES string of the molecule is CC(C)(C)OC(=O)C1(C(=O)O)CC1(C)N. The van der Waals surface area contributed by atoms with Crippen molar-refractivity contribution >= 4 is 11.9 Å². The Labute approximate surface area is 88.6 Å². The van der Waals surface area contributed by atoms with E-state index >= 15 is 0 Å². The summed E-state index contributed by atoms with van der Waals surface area (Å²) in [4.78, 5) is 22.8. The third-order valence-electron chi connectivity index (χ3n) is 2.59. The number of carboxylic acid groups (broad SMARTS) is 1. The van der Waals surface area contributed by atoms with Crippen LogP contribution in [0.5, 0.6) is 0 Å². The number of carboxylic acids is 1. The Morgan fingerprint density at radius 2 is 1.80 bits per heavy atom. The number of hydrogen-bond acceptors (Lipinski definition) is 4. The summed E-state index contributed by atoms with van der Waals surface area (Å²) in [5.74, 6) is -1.95. The molecule has 2 atom stereocenters. The molecule has 3 N–H and O–H groups in total. The second-order valence-corrected chi connectivity index (χ2v) is 5.31. The van der Waals surface area contributed by atoms with Gasteiger partial charge < -0.3 is 15.6 Å². The van der Waals surface area contributed by atoms with Gasteiger partial charge in [0.2, 0.25) is 0 Å². The van der Waals surface area contributed by atoms with E-state index in [2.05, 4.69) is 0 Å². The minimum absolute atomic E-state index is 0.129. The second-order valence-electron chi connectivity index (χ2n) is 5.31. The predicted molar refractivity (Wildman–Crippen MR) is 53.1 cm³/mol. The third-order valence-corrected chi connectivity index (χ3v) is 2.59. The molecule has 1 rings (SSSR count). The van der Waals surface area contributed by atoms with Gasteiger partial charge in [0.05, 0.1) is 0 Å². The van der Waals surface area contributed by atoms with Crippen molar-refractivity contribution in [2.24, 2.45) is 11.1 Å². The summed E-state index contributed by atoms with van der Waals surface area (Å²) in [7, 11) is 0. The van der Waals surface area contributed by atoms with Crippen LogP contribution in [-0.4, -0.2) is 28.2 Å². The van der Waals surface area contributed by atoms with Crippen molar-refractivity contribution in [1.29, 1.82) is 0 Å². The summed E-state index contributed by atoms with van der Waals surface area (Å²) in [5.41, 5.74) is 2.43. The summed E-state index contributed by atoms with van der Waals surface area (Å²) < 4.78 is 5.06. The molecule has 0 bridgehead atoms. The molecule has 5 heteroatoms. The fraction of sp³-hybridized carbons (Fsp3) is 0.800. The van der Waals surface area contributed by atoms with Gasteiger partial charge in [-0.3, -0.25) is 9.59 Å². The molecule has 0 aromatic heterocycles. The molecule has 0 amide bonds. The first kappa shape index (κ1) is 12.0. The highest BCUT2D eigenvalue weighted by molar-refractivity contribution is 6.05. The second kappa shape index (κ2) is 2.95. The van der Waals surface area contributed by atoms with Crippen LogP contribution in [0.2, 0.25) is 0 Å². The molecule has 0 aromatic rings. The van der Waals surface area contributed by atoms with Crippen LogP contribution in [0.1, 0.15) is 34.1 Å². The quantitative estimate of drug-likeness (QED) is 0.517. The summed E-state index contributed by atoms with van der Waals surface area (Å²) >= 11 is 0. The van der Waals surface area contributed by atoms with Gasteiger partial charge in [-0.25, -0.2) is 0 Å². The molecule has 5 nitrogen and oxygen atoms in total. The molecule has 1 aliphatic carbocycles. The standard InChI is InChI=1S/C10H17NO4/c1-8(2,3)15-7(14)10(6(12)13)5-9(10,4)11/h5,11H2,1-4H3,(H,12,13). The Morgan fingerprint density at radius 1 is 1.40 bits per heavy atom. The van der Waals surface area contributed by atoms with Gasteiger partial charge in [-0.05, 0) is 34.1 Å². The third kappa shape index (κ3) is 1.84. The van der Waals surface area contributed by atoms with E-state index in [9.17, 15) is 9.59 Å². The molecule has 2 unspecified atom stereocenters. The predicted octanol–water partition coefficient (Wildman–Crippen LogP) is 0.520. The molecule has 0 saturated heterocycles. The molecule has 0 spiro atoms. The number of carbonyl (C=O) groups is 2. The lowest BCUT2D eigenvalue weighted by Gasteiger charge is -2.23. The molecule has 1 aliphatic rings. The fourth-order valence-corrected chi connectivity index (χ4v) is 1.58. The molecule has 1 saturated carbocycles. The zero-order valence-electron chi connectivity index (χ0n) is 9.46. The highest BCUT2D eigenvalue weighted by Crippen LogP contribution is 2.55. The highest BCUT2D eigenvalue weighted by atomic mass is 16.6. The lowest BCUT2D eigenvalue weighted by molar-refractivity contribution is -0.170. The van der Waals surface area contributed by atoms with E-state index < -0.39 is 28.5 Å². The molecule has 0 aromatic carbocycles. The zero-order chi connectivity index (χ0) is 12.1. The lowest BCUT2D eigenvalue weighted by atomic mass is 10.0. The lowest BCUT2D eigenvalue weighted by Crippen LogP contribution is -2.42. The van der Waals surface area contributed by atoms with E-state index in [4.69, 9.17) is 15.6 Å². The van der Waals surface area contributed by atoms with E-state index in [0.29, 0.717) is 0 Å². The van der Waals surface area contributed by atoms with Crippen LogP contribution in [0.15, 0.2) is 0 Å². The van der Waals surface area contributed by atoms with Gasteiger partial charge in [-0.15, -0.1) is 0 Å². The maximum Gasteiger partial charge on any atom is 0.325 e. The maximum absolute atomic E-state index is 11.7. The van der Waals surface area contributed by atoms with Gasteiger partial charge in [0.15, 0.2) is 5.41 Å². The average Bonchev–Trinajstić information content (AvgIpc) is 2.51. The van der Waals surface area contributed by atoms with Gasteiger partial charge in [0.1, 0.15) is 5.60 Å². The molecular weight excluding hydrogens is 198 g/mol. The van der Waals surface area contributed by atoms with Crippen LogP contribution >= 0.6 is 0 Å². The summed E-state index contributed by atoms with van der Waals surface area (Å²) in [6, 6.07) is 0. The summed E-state index contributed by atoms with van der Waals surface area (Å²) in [6.45, 7) is 6.62. The van der Waals surface area contributed by atoms with Crippen LogP contribution in [-0.2, 0) is 14.3 Å². The average molecular weight is 215 g/mol. The van der Waals surface area contributed by atoms with E-state index in [0.717, 1.165) is 0 Å². The van der Waals surface area contributed by atoms with Crippen molar-refractivity contribution in [3.63, 3.8) is 0 Å². The largest absolute Gasteiger partial charge is 0.480 e. The first-order valence-corrected chi connectivity index (χ1v) is 4.79. The van der Waals surface area contributed by atoms with Crippen molar-refractivity contribution in [3.8, 4) is 0 Å². The van der Waals surface area contributed by atoms with E-state index in [1.54, 1.807) is 27.7 Å². The molecule has 0 radical (unpaired) electrons. The number of carbonyl (C=O) groups excluding carboxylic acids is 1. The van der Waals surface area contributed by atoms with Crippen LogP contribution in [0.4, 0.5) is 0 Å². The first-order chi connectivity index (χ1) is 6.53. The molecule has 0 aliphatic heterocycles. The number of aliphatic carboxylic acids is 1. The van der Waals surface area contributed by atoms with Gasteiger partial charge >= 0.3 is 11.9 Å². The fourth-order valence-electron chi connectivity index (χ4n) is 1.58. The van der Waals surface area contributed by atoms with Gasteiger partial charge in [0, 0.05) is 5.54 Å². The Hall–Kier alpha value is -1.10. The Kier molecular flexibility index (Phi) is 2.35. The Morgan fingerprint density at radius 3 is 2.00 bits per heavy atom. The number of nitrogens with two attached hydrogens (primary N) is 1. The van der Waals surface area contributed by atoms with Crippen molar-refractivity contribution in [2.45, 2.75) is 45.3 Å². The smallest absolute Gasteiger partial charge is 0.325 e. The Bertz CT molecular complexity index is 316. The number of rotatable bonds is 2. The number of esters is 1. The van der Waals surface area contributed by atoms with E-state index in [-0.39, 0.29) is 6.42 Å². The van der Waals surface area contributed by atoms with Crippen LogP contribution in [0, 0.1) is 5.41 Å². The minimum atomic E-state index is -1.56. The van der Waals surface area contributed by atoms with Crippen molar-refractivity contribution in [3.05, 3.63) is 0 Å². The van der Waals surface area contributed by atoms with E-state index in [1.165, 1.54) is 0 Å². The number of hydrogen-bond donors (Lipinski definition) is 2. The van der Waals surface area contributed by atoms with Gasteiger partial charge in [0.25, 0.3) is 0 Å².